The van der Waals surface area contributed by atoms with Crippen molar-refractivity contribution in [3.63, 3.8) is 0 Å². The summed E-state index contributed by atoms with van der Waals surface area (Å²) in [5.41, 5.74) is 0. The molecule has 0 saturated heterocycles. The summed E-state index contributed by atoms with van der Waals surface area (Å²) in [5, 5.41) is 3.00. The molecule has 0 fully saturated rings. The summed E-state index contributed by atoms with van der Waals surface area (Å²) in [6, 6.07) is 0.677. The number of nitrogens with one attached hydrogen (secondary N) is 1. The van der Waals surface area contributed by atoms with Crippen LogP contribution in [0.1, 0.15) is 6.42 Å². The molecule has 0 radical (unpaired) electrons. The predicted octanol–water partition coefficient (Wildman–Crippen LogP) is -0.0179. The lowest BCUT2D eigenvalue weighted by molar-refractivity contribution is 0.371. The number of methoxy groups -OCH3 is 1. The quantitative estimate of drug-likeness (QED) is 0.480. The van der Waals surface area contributed by atoms with Crippen LogP contribution in [0.2, 0.25) is 0 Å². The Morgan fingerprint density at radius 3 is 3.00 bits per heavy atom. The molecule has 46 valence electrons. The zero-order valence-corrected chi connectivity index (χ0v) is 4.98. The molecule has 8 heavy (non-hydrogen) atoms. The van der Waals surface area contributed by atoms with Gasteiger partial charge in [0.15, 0.2) is 0 Å². The molecule has 1 rings (SSSR count). The van der Waals surface area contributed by atoms with Crippen LogP contribution in [0, 0.1) is 0 Å². The summed E-state index contributed by atoms with van der Waals surface area (Å²) in [7, 11) is 1.62. The first-order valence-electron chi connectivity index (χ1n) is 2.76. The largest absolute Gasteiger partial charge is 0.469 e. The van der Waals surface area contributed by atoms with Gasteiger partial charge in [-0.1, -0.05) is 0 Å². The molecule has 0 unspecified atom stereocenters. The third-order valence-electron chi connectivity index (χ3n) is 1.06. The Kier molecular flexibility index (Phi) is 1.72. The fourth-order valence-electron chi connectivity index (χ4n) is 0.648. The van der Waals surface area contributed by atoms with E-state index in [0.29, 0.717) is 6.02 Å². The van der Waals surface area contributed by atoms with Crippen molar-refractivity contribution < 1.29 is 4.74 Å². The topological polar surface area (TPSA) is 33.6 Å². The molecule has 0 atom stereocenters. The number of aliphatic imine (C=N–C) groups is 1. The number of hydrogen-bond donors (Lipinski definition) is 1. The zero-order chi connectivity index (χ0) is 5.82. The van der Waals surface area contributed by atoms with Gasteiger partial charge in [0, 0.05) is 13.1 Å². The van der Waals surface area contributed by atoms with Gasteiger partial charge in [-0.15, -0.1) is 0 Å². The van der Waals surface area contributed by atoms with Crippen LogP contribution >= 0.6 is 0 Å². The van der Waals surface area contributed by atoms with E-state index in [-0.39, 0.29) is 0 Å². The van der Waals surface area contributed by atoms with Gasteiger partial charge in [-0.2, -0.15) is 0 Å². The molecule has 0 aliphatic carbocycles. The SMILES string of the molecule is COC1=NCCCN1. The third-order valence-corrected chi connectivity index (χ3v) is 1.06. The van der Waals surface area contributed by atoms with E-state index in [2.05, 4.69) is 10.3 Å². The van der Waals surface area contributed by atoms with Crippen molar-refractivity contribution in [2.45, 2.75) is 6.42 Å². The standard InChI is InChI=1S/C5H10N2O/c1-8-5-6-3-2-4-7-5/h2-4H2,1H3,(H,6,7). The van der Waals surface area contributed by atoms with E-state index in [1.165, 1.54) is 0 Å². The van der Waals surface area contributed by atoms with Gasteiger partial charge >= 0.3 is 0 Å². The Morgan fingerprint density at radius 2 is 2.62 bits per heavy atom. The minimum absolute atomic E-state index is 0.677. The van der Waals surface area contributed by atoms with Crippen LogP contribution in [0.15, 0.2) is 4.99 Å². The monoisotopic (exact) mass is 114 g/mol. The number of hydrogen-bond acceptors (Lipinski definition) is 3. The Bertz CT molecular complexity index is 101. The van der Waals surface area contributed by atoms with Gasteiger partial charge in [0.05, 0.1) is 7.11 Å². The summed E-state index contributed by atoms with van der Waals surface area (Å²) in [6.07, 6.45) is 1.12. The average molecular weight is 114 g/mol. The highest BCUT2D eigenvalue weighted by Crippen LogP contribution is 1.88. The maximum absolute atomic E-state index is 4.83. The van der Waals surface area contributed by atoms with E-state index in [9.17, 15) is 0 Å². The minimum Gasteiger partial charge on any atom is -0.469 e. The van der Waals surface area contributed by atoms with Crippen molar-refractivity contribution in [3.05, 3.63) is 0 Å². The maximum atomic E-state index is 4.83. The summed E-state index contributed by atoms with van der Waals surface area (Å²) < 4.78 is 4.83. The van der Waals surface area contributed by atoms with Crippen LogP contribution < -0.4 is 5.32 Å². The van der Waals surface area contributed by atoms with Crippen LogP contribution in [0.4, 0.5) is 0 Å². The fourth-order valence-corrected chi connectivity index (χ4v) is 0.648. The summed E-state index contributed by atoms with van der Waals surface area (Å²) >= 11 is 0. The number of rotatable bonds is 0. The van der Waals surface area contributed by atoms with Gasteiger partial charge in [0.1, 0.15) is 0 Å². The first kappa shape index (κ1) is 5.41. The molecule has 0 saturated carbocycles. The molecule has 0 aromatic carbocycles. The second-order valence-electron chi connectivity index (χ2n) is 1.67. The van der Waals surface area contributed by atoms with Crippen LogP contribution in [0.5, 0.6) is 0 Å². The molecule has 0 amide bonds. The van der Waals surface area contributed by atoms with E-state index < -0.39 is 0 Å². The zero-order valence-electron chi connectivity index (χ0n) is 4.98. The van der Waals surface area contributed by atoms with E-state index in [4.69, 9.17) is 4.74 Å². The second kappa shape index (κ2) is 2.55. The molecular formula is C5H10N2O. The molecule has 0 spiro atoms. The van der Waals surface area contributed by atoms with Crippen molar-refractivity contribution in [3.8, 4) is 0 Å². The Morgan fingerprint density at radius 1 is 1.75 bits per heavy atom. The number of amidine groups is 1. The lowest BCUT2D eigenvalue weighted by atomic mass is 10.4. The molecule has 0 aromatic heterocycles. The molecule has 0 aromatic rings. The molecule has 1 aliphatic heterocycles. The normalized spacial score (nSPS) is 18.9. The lowest BCUT2D eigenvalue weighted by Crippen LogP contribution is -2.30. The van der Waals surface area contributed by atoms with Crippen molar-refractivity contribution in [2.75, 3.05) is 20.2 Å². The van der Waals surface area contributed by atoms with Crippen molar-refractivity contribution in [2.24, 2.45) is 4.99 Å². The van der Waals surface area contributed by atoms with Crippen molar-refractivity contribution in [1.82, 2.24) is 5.32 Å². The highest BCUT2D eigenvalue weighted by molar-refractivity contribution is 5.73. The maximum Gasteiger partial charge on any atom is 0.284 e. The number of nitrogens with zero attached hydrogens (tertiary/aromatic N) is 1. The smallest absolute Gasteiger partial charge is 0.284 e. The molecule has 1 N–H and O–H groups in total. The lowest BCUT2D eigenvalue weighted by Gasteiger charge is -2.11. The Hall–Kier alpha value is -0.730. The minimum atomic E-state index is 0.677. The van der Waals surface area contributed by atoms with Gasteiger partial charge in [0.2, 0.25) is 0 Å². The van der Waals surface area contributed by atoms with Gasteiger partial charge in [-0.25, -0.2) is 4.99 Å². The van der Waals surface area contributed by atoms with Gasteiger partial charge < -0.3 is 10.1 Å². The van der Waals surface area contributed by atoms with Gasteiger partial charge in [-0.05, 0) is 6.42 Å². The number of ether oxygens (including phenoxy) is 1. The van der Waals surface area contributed by atoms with E-state index in [0.717, 1.165) is 19.5 Å². The van der Waals surface area contributed by atoms with E-state index >= 15 is 0 Å². The summed E-state index contributed by atoms with van der Waals surface area (Å²) in [6.45, 7) is 1.89. The molecule has 3 heteroatoms. The van der Waals surface area contributed by atoms with E-state index in [1.807, 2.05) is 0 Å². The second-order valence-corrected chi connectivity index (χ2v) is 1.67. The molecular weight excluding hydrogens is 104 g/mol. The first-order valence-corrected chi connectivity index (χ1v) is 2.76. The summed E-state index contributed by atoms with van der Waals surface area (Å²) in [4.78, 5) is 4.03. The molecule has 3 nitrogen and oxygen atoms in total. The Balaban J connectivity index is 2.37. The van der Waals surface area contributed by atoms with Crippen LogP contribution in [0.3, 0.4) is 0 Å². The van der Waals surface area contributed by atoms with Crippen molar-refractivity contribution in [1.29, 1.82) is 0 Å². The van der Waals surface area contributed by atoms with Gasteiger partial charge in [-0.3, -0.25) is 0 Å². The van der Waals surface area contributed by atoms with Gasteiger partial charge in [0.25, 0.3) is 6.02 Å². The summed E-state index contributed by atoms with van der Waals surface area (Å²) in [5.74, 6) is 0. The fraction of sp³-hybridized carbons (Fsp3) is 0.800. The first-order chi connectivity index (χ1) is 3.93. The van der Waals surface area contributed by atoms with Crippen LogP contribution in [-0.4, -0.2) is 26.2 Å². The molecule has 1 aliphatic rings. The molecule has 0 bridgehead atoms. The van der Waals surface area contributed by atoms with Crippen LogP contribution in [-0.2, 0) is 4.74 Å². The van der Waals surface area contributed by atoms with Crippen LogP contribution in [0.25, 0.3) is 0 Å². The third kappa shape index (κ3) is 1.12. The van der Waals surface area contributed by atoms with Crippen molar-refractivity contribution >= 4 is 6.02 Å². The average Bonchev–Trinajstić information content (AvgIpc) is 1.90. The highest BCUT2D eigenvalue weighted by Gasteiger charge is 1.99. The highest BCUT2D eigenvalue weighted by atomic mass is 16.5. The predicted molar refractivity (Wildman–Crippen MR) is 31.9 cm³/mol. The Labute approximate surface area is 48.8 Å². The molecule has 1 heterocycles. The van der Waals surface area contributed by atoms with E-state index in [1.54, 1.807) is 7.11 Å².